The standard InChI is InChI=1S/C29H48O2/c1-19(2)8-7-9-20(3)25-12-13-26-24-11-10-22-18-23(31-21(4)30)14-16-28(22,5)27(24)15-17-29(25,26)6/h10-11,19-20,22-27H,7-9,12-18H2,1-6H3/t20-,22+,23?,24?,25?,26?,27?,28?,29?/m1/s1. The molecule has 0 aromatic carbocycles. The van der Waals surface area contributed by atoms with Crippen LogP contribution in [0.2, 0.25) is 0 Å². The first-order valence-electron chi connectivity index (χ1n) is 13.5. The van der Waals surface area contributed by atoms with E-state index in [1.165, 1.54) is 51.4 Å². The van der Waals surface area contributed by atoms with E-state index < -0.39 is 0 Å². The zero-order chi connectivity index (χ0) is 22.4. The molecule has 4 aliphatic carbocycles. The van der Waals surface area contributed by atoms with Crippen LogP contribution in [0, 0.1) is 52.3 Å². The molecule has 0 spiro atoms. The molecule has 3 fully saturated rings. The van der Waals surface area contributed by atoms with Crippen LogP contribution in [0.3, 0.4) is 0 Å². The minimum atomic E-state index is -0.112. The zero-order valence-corrected chi connectivity index (χ0v) is 21.2. The molecule has 0 N–H and O–H groups in total. The zero-order valence-electron chi connectivity index (χ0n) is 21.2. The van der Waals surface area contributed by atoms with Crippen LogP contribution in [0.25, 0.3) is 0 Å². The van der Waals surface area contributed by atoms with Crippen LogP contribution < -0.4 is 0 Å². The first kappa shape index (κ1) is 23.4. The molecule has 0 aromatic rings. The number of allylic oxidation sites excluding steroid dienone is 2. The maximum Gasteiger partial charge on any atom is 0.302 e. The van der Waals surface area contributed by atoms with Crippen molar-refractivity contribution in [1.29, 1.82) is 0 Å². The molecule has 0 aromatic heterocycles. The Bertz CT molecular complexity index is 680. The van der Waals surface area contributed by atoms with Crippen LogP contribution in [0.1, 0.15) is 106 Å². The highest BCUT2D eigenvalue weighted by Crippen LogP contribution is 2.67. The largest absolute Gasteiger partial charge is 0.463 e. The topological polar surface area (TPSA) is 26.3 Å². The first-order valence-corrected chi connectivity index (χ1v) is 13.5. The Labute approximate surface area is 192 Å². The molecule has 0 saturated heterocycles. The summed E-state index contributed by atoms with van der Waals surface area (Å²) in [5, 5.41) is 0. The number of hydrogen-bond acceptors (Lipinski definition) is 2. The van der Waals surface area contributed by atoms with E-state index in [-0.39, 0.29) is 12.1 Å². The van der Waals surface area contributed by atoms with E-state index >= 15 is 0 Å². The fourth-order valence-corrected chi connectivity index (χ4v) is 8.95. The third-order valence-corrected chi connectivity index (χ3v) is 10.6. The van der Waals surface area contributed by atoms with Crippen molar-refractivity contribution in [3.63, 3.8) is 0 Å². The van der Waals surface area contributed by atoms with Gasteiger partial charge in [0.25, 0.3) is 0 Å². The Balaban J connectivity index is 1.47. The second-order valence-corrected chi connectivity index (χ2v) is 12.8. The third-order valence-electron chi connectivity index (χ3n) is 10.6. The van der Waals surface area contributed by atoms with Crippen LogP contribution in [-0.4, -0.2) is 12.1 Å². The van der Waals surface area contributed by atoms with Gasteiger partial charge in [0.2, 0.25) is 0 Å². The van der Waals surface area contributed by atoms with Crippen molar-refractivity contribution in [3.05, 3.63) is 12.2 Å². The molecule has 2 nitrogen and oxygen atoms in total. The highest BCUT2D eigenvalue weighted by Gasteiger charge is 2.59. The minimum absolute atomic E-state index is 0.112. The van der Waals surface area contributed by atoms with Crippen LogP contribution >= 0.6 is 0 Å². The van der Waals surface area contributed by atoms with Crippen molar-refractivity contribution < 1.29 is 9.53 Å². The number of hydrogen-bond donors (Lipinski definition) is 0. The number of rotatable bonds is 6. The van der Waals surface area contributed by atoms with Crippen molar-refractivity contribution in [2.75, 3.05) is 0 Å². The molecule has 0 amide bonds. The van der Waals surface area contributed by atoms with Crippen molar-refractivity contribution in [2.45, 2.75) is 112 Å². The Morgan fingerprint density at radius 2 is 1.68 bits per heavy atom. The number of esters is 1. The summed E-state index contributed by atoms with van der Waals surface area (Å²) >= 11 is 0. The predicted octanol–water partition coefficient (Wildman–Crippen LogP) is 7.82. The average Bonchev–Trinajstić information content (AvgIpc) is 3.05. The lowest BCUT2D eigenvalue weighted by molar-refractivity contribution is -0.153. The smallest absolute Gasteiger partial charge is 0.302 e. The van der Waals surface area contributed by atoms with Gasteiger partial charge in [-0.05, 0) is 97.2 Å². The molecular weight excluding hydrogens is 380 g/mol. The van der Waals surface area contributed by atoms with Crippen LogP contribution in [0.15, 0.2) is 12.2 Å². The van der Waals surface area contributed by atoms with Gasteiger partial charge < -0.3 is 4.74 Å². The highest BCUT2D eigenvalue weighted by molar-refractivity contribution is 5.66. The number of carbonyl (C=O) groups excluding carboxylic acids is 1. The average molecular weight is 429 g/mol. The predicted molar refractivity (Wildman–Crippen MR) is 129 cm³/mol. The van der Waals surface area contributed by atoms with Crippen molar-refractivity contribution in [2.24, 2.45) is 52.3 Å². The highest BCUT2D eigenvalue weighted by atomic mass is 16.5. The molecule has 2 heteroatoms. The lowest BCUT2D eigenvalue weighted by atomic mass is 9.46. The van der Waals surface area contributed by atoms with Gasteiger partial charge in [0, 0.05) is 6.92 Å². The van der Waals surface area contributed by atoms with Gasteiger partial charge in [-0.2, -0.15) is 0 Å². The molecular formula is C29H48O2. The summed E-state index contributed by atoms with van der Waals surface area (Å²) in [6.45, 7) is 14.1. The SMILES string of the molecule is CC(=O)OC1CCC2(C)C3CCC4(C)C(CCC4[C@H](C)CCCC(C)C)C3C=C[C@H]2C1. The van der Waals surface area contributed by atoms with Crippen LogP contribution in [0.4, 0.5) is 0 Å². The maximum atomic E-state index is 11.5. The normalized spacial score (nSPS) is 45.0. The molecule has 31 heavy (non-hydrogen) atoms. The van der Waals surface area contributed by atoms with Gasteiger partial charge in [0.1, 0.15) is 6.10 Å². The molecule has 0 bridgehead atoms. The Hall–Kier alpha value is -0.790. The lowest BCUT2D eigenvalue weighted by Crippen LogP contribution is -2.52. The number of fused-ring (bicyclic) bond motifs is 5. The van der Waals surface area contributed by atoms with Gasteiger partial charge in [0.05, 0.1) is 0 Å². The maximum absolute atomic E-state index is 11.5. The molecule has 4 aliphatic rings. The van der Waals surface area contributed by atoms with E-state index in [0.717, 1.165) is 48.3 Å². The first-order chi connectivity index (χ1) is 14.6. The Morgan fingerprint density at radius 3 is 2.39 bits per heavy atom. The molecule has 7 unspecified atom stereocenters. The fraction of sp³-hybridized carbons (Fsp3) is 0.897. The van der Waals surface area contributed by atoms with Gasteiger partial charge in [-0.3, -0.25) is 4.79 Å². The number of carbonyl (C=O) groups is 1. The quantitative estimate of drug-likeness (QED) is 0.318. The second-order valence-electron chi connectivity index (χ2n) is 12.8. The number of ether oxygens (including phenoxy) is 1. The molecule has 4 rings (SSSR count). The summed E-state index contributed by atoms with van der Waals surface area (Å²) in [7, 11) is 0. The van der Waals surface area contributed by atoms with E-state index in [4.69, 9.17) is 4.74 Å². The molecule has 0 radical (unpaired) electrons. The molecule has 0 aliphatic heterocycles. The van der Waals surface area contributed by atoms with Gasteiger partial charge in [-0.25, -0.2) is 0 Å². The summed E-state index contributed by atoms with van der Waals surface area (Å²) in [5.74, 6) is 5.59. The molecule has 3 saturated carbocycles. The summed E-state index contributed by atoms with van der Waals surface area (Å²) in [6, 6.07) is 0. The van der Waals surface area contributed by atoms with Crippen molar-refractivity contribution >= 4 is 5.97 Å². The summed E-state index contributed by atoms with van der Waals surface area (Å²) in [5.41, 5.74) is 0.944. The molecule has 0 heterocycles. The minimum Gasteiger partial charge on any atom is -0.463 e. The van der Waals surface area contributed by atoms with E-state index in [9.17, 15) is 4.79 Å². The Morgan fingerprint density at radius 1 is 0.968 bits per heavy atom. The summed E-state index contributed by atoms with van der Waals surface area (Å²) < 4.78 is 5.62. The summed E-state index contributed by atoms with van der Waals surface area (Å²) in [6.07, 6.45) is 18.6. The lowest BCUT2D eigenvalue weighted by Gasteiger charge is -2.59. The molecule has 9 atom stereocenters. The van der Waals surface area contributed by atoms with E-state index in [1.54, 1.807) is 6.92 Å². The van der Waals surface area contributed by atoms with Gasteiger partial charge in [-0.15, -0.1) is 0 Å². The van der Waals surface area contributed by atoms with Crippen molar-refractivity contribution in [3.8, 4) is 0 Å². The molecule has 176 valence electrons. The van der Waals surface area contributed by atoms with Crippen LogP contribution in [0.5, 0.6) is 0 Å². The summed E-state index contributed by atoms with van der Waals surface area (Å²) in [4.78, 5) is 11.5. The second kappa shape index (κ2) is 8.86. The monoisotopic (exact) mass is 428 g/mol. The van der Waals surface area contributed by atoms with Gasteiger partial charge >= 0.3 is 5.97 Å². The third kappa shape index (κ3) is 4.26. The van der Waals surface area contributed by atoms with Crippen LogP contribution in [-0.2, 0) is 9.53 Å². The van der Waals surface area contributed by atoms with E-state index in [2.05, 4.69) is 46.8 Å². The van der Waals surface area contributed by atoms with E-state index in [0.29, 0.717) is 16.7 Å². The Kier molecular flexibility index (Phi) is 6.68. The van der Waals surface area contributed by atoms with E-state index in [1.807, 2.05) is 0 Å². The van der Waals surface area contributed by atoms with Crippen molar-refractivity contribution in [1.82, 2.24) is 0 Å². The van der Waals surface area contributed by atoms with Gasteiger partial charge in [-0.1, -0.05) is 66.0 Å². The van der Waals surface area contributed by atoms with Gasteiger partial charge in [0.15, 0.2) is 0 Å². The fourth-order valence-electron chi connectivity index (χ4n) is 8.95.